The molecule has 0 aliphatic carbocycles. The number of benzene rings is 2. The molecule has 11 heteroatoms. The van der Waals surface area contributed by atoms with E-state index in [2.05, 4.69) is 15.2 Å². The van der Waals surface area contributed by atoms with Crippen LogP contribution in [0.2, 0.25) is 0 Å². The number of hydrogen-bond donors (Lipinski definition) is 0. The first-order valence-electron chi connectivity index (χ1n) is 8.11. The lowest BCUT2D eigenvalue weighted by Crippen LogP contribution is -2.26. The molecule has 2 heterocycles. The summed E-state index contributed by atoms with van der Waals surface area (Å²) in [7, 11) is -2.99. The van der Waals surface area contributed by atoms with Gasteiger partial charge < -0.3 is 4.74 Å². The minimum atomic E-state index is -4.27. The number of sulfonamides is 1. The van der Waals surface area contributed by atoms with E-state index < -0.39 is 21.0 Å². The van der Waals surface area contributed by atoms with Crippen LogP contribution < -0.4 is 9.04 Å². The Hall–Kier alpha value is -3.18. The molecule has 7 nitrogen and oxygen atoms in total. The molecule has 4 rings (SSSR count). The number of hydrogen-bond acceptors (Lipinski definition) is 7. The maximum Gasteiger partial charge on any atom is 0.270 e. The first-order chi connectivity index (χ1) is 13.9. The van der Waals surface area contributed by atoms with Crippen LogP contribution in [0.1, 0.15) is 0 Å². The van der Waals surface area contributed by atoms with Crippen LogP contribution in [0.5, 0.6) is 5.75 Å². The maximum absolute atomic E-state index is 13.7. The summed E-state index contributed by atoms with van der Waals surface area (Å²) in [6.45, 7) is 0. The van der Waals surface area contributed by atoms with Gasteiger partial charge >= 0.3 is 0 Å². The third kappa shape index (κ3) is 3.49. The highest BCUT2D eigenvalue weighted by Gasteiger charge is 2.32. The fraction of sp³-hybridized carbons (Fsp3) is 0.0556. The van der Waals surface area contributed by atoms with Crippen molar-refractivity contribution < 1.29 is 21.9 Å². The second-order valence-corrected chi connectivity index (χ2v) is 8.56. The quantitative estimate of drug-likeness (QED) is 0.474. The molecule has 0 aliphatic heterocycles. The van der Waals surface area contributed by atoms with E-state index in [9.17, 15) is 17.2 Å². The number of aromatic nitrogens is 3. The van der Waals surface area contributed by atoms with Crippen molar-refractivity contribution in [3.63, 3.8) is 0 Å². The predicted octanol–water partition coefficient (Wildman–Crippen LogP) is 3.90. The molecule has 0 atom stereocenters. The summed E-state index contributed by atoms with van der Waals surface area (Å²) in [5.74, 6) is -0.659. The van der Waals surface area contributed by atoms with Crippen molar-refractivity contribution in [2.75, 3.05) is 11.4 Å². The number of methoxy groups -OCH3 is 1. The van der Waals surface area contributed by atoms with Crippen molar-refractivity contribution in [3.8, 4) is 5.75 Å². The number of nitrogens with zero attached hydrogens (tertiary/aromatic N) is 4. The van der Waals surface area contributed by atoms with Gasteiger partial charge in [0.25, 0.3) is 10.0 Å². The minimum absolute atomic E-state index is 0.00352. The summed E-state index contributed by atoms with van der Waals surface area (Å²) in [5.41, 5.74) is -0.00352. The van der Waals surface area contributed by atoms with Crippen LogP contribution in [0.25, 0.3) is 10.8 Å². The lowest BCUT2D eigenvalue weighted by Gasteiger charge is -2.23. The molecule has 0 N–H and O–H groups in total. The summed E-state index contributed by atoms with van der Waals surface area (Å²) in [4.78, 5) is 3.78. The number of fused-ring (bicyclic) bond motifs is 1. The van der Waals surface area contributed by atoms with Crippen LogP contribution in [0.15, 0.2) is 59.9 Å². The molecule has 4 aromatic rings. The zero-order valence-corrected chi connectivity index (χ0v) is 16.4. The topological polar surface area (TPSA) is 85.3 Å². The van der Waals surface area contributed by atoms with Gasteiger partial charge in [-0.05, 0) is 24.3 Å². The normalized spacial score (nSPS) is 11.6. The second kappa shape index (κ2) is 7.33. The van der Waals surface area contributed by atoms with Crippen molar-refractivity contribution >= 4 is 43.0 Å². The molecule has 0 aliphatic rings. The molecule has 0 unspecified atom stereocenters. The summed E-state index contributed by atoms with van der Waals surface area (Å²) >= 11 is 0.537. The minimum Gasteiger partial charge on any atom is -0.494 e. The van der Waals surface area contributed by atoms with Gasteiger partial charge in [0.1, 0.15) is 17.3 Å². The van der Waals surface area contributed by atoms with E-state index in [1.54, 1.807) is 6.07 Å². The molecule has 0 amide bonds. The van der Waals surface area contributed by atoms with Crippen molar-refractivity contribution in [1.29, 1.82) is 0 Å². The molecule has 2 aromatic heterocycles. The third-order valence-electron chi connectivity index (χ3n) is 4.06. The van der Waals surface area contributed by atoms with E-state index in [4.69, 9.17) is 4.74 Å². The maximum atomic E-state index is 13.7. The van der Waals surface area contributed by atoms with Gasteiger partial charge in [-0.2, -0.15) is 14.6 Å². The van der Waals surface area contributed by atoms with E-state index in [-0.39, 0.29) is 21.5 Å². The molecule has 148 valence electrons. The monoisotopic (exact) mass is 434 g/mol. The smallest absolute Gasteiger partial charge is 0.270 e. The van der Waals surface area contributed by atoms with Crippen LogP contribution in [-0.2, 0) is 10.0 Å². The highest BCUT2D eigenvalue weighted by molar-refractivity contribution is 7.93. The first-order valence-corrected chi connectivity index (χ1v) is 10.4. The Morgan fingerprint density at radius 3 is 2.45 bits per heavy atom. The van der Waals surface area contributed by atoms with Gasteiger partial charge in [-0.3, -0.25) is 0 Å². The van der Waals surface area contributed by atoms with Crippen LogP contribution in [-0.4, -0.2) is 30.7 Å². The molecular formula is C18H12F2N4O3S2. The summed E-state index contributed by atoms with van der Waals surface area (Å²) in [6.07, 6.45) is 3.84. The van der Waals surface area contributed by atoms with Gasteiger partial charge in [0.15, 0.2) is 5.13 Å². The Bertz CT molecular complexity index is 1310. The van der Waals surface area contributed by atoms with Crippen LogP contribution in [0, 0.1) is 10.9 Å². The molecule has 0 fully saturated rings. The Morgan fingerprint density at radius 2 is 1.76 bits per heavy atom. The highest BCUT2D eigenvalue weighted by atomic mass is 32.2. The van der Waals surface area contributed by atoms with Gasteiger partial charge in [0.2, 0.25) is 5.13 Å². The van der Waals surface area contributed by atoms with Crippen LogP contribution in [0.4, 0.5) is 19.6 Å². The molecule has 0 saturated heterocycles. The summed E-state index contributed by atoms with van der Waals surface area (Å²) in [6, 6.07) is 7.76. The van der Waals surface area contributed by atoms with E-state index in [1.807, 2.05) is 0 Å². The Balaban J connectivity index is 1.95. The van der Waals surface area contributed by atoms with Crippen molar-refractivity contribution in [1.82, 2.24) is 15.2 Å². The fourth-order valence-electron chi connectivity index (χ4n) is 2.73. The van der Waals surface area contributed by atoms with E-state index in [0.29, 0.717) is 22.1 Å². The summed E-state index contributed by atoms with van der Waals surface area (Å²) < 4.78 is 60.4. The zero-order valence-electron chi connectivity index (χ0n) is 14.8. The van der Waals surface area contributed by atoms with Gasteiger partial charge in [-0.25, -0.2) is 22.1 Å². The number of rotatable bonds is 5. The van der Waals surface area contributed by atoms with Gasteiger partial charge in [0.05, 0.1) is 30.6 Å². The third-order valence-corrected chi connectivity index (χ3v) is 6.64. The van der Waals surface area contributed by atoms with E-state index in [1.165, 1.54) is 37.7 Å². The lowest BCUT2D eigenvalue weighted by molar-refractivity contribution is 0.412. The van der Waals surface area contributed by atoms with Gasteiger partial charge in [-0.1, -0.05) is 17.4 Å². The largest absolute Gasteiger partial charge is 0.494 e. The zero-order chi connectivity index (χ0) is 20.6. The van der Waals surface area contributed by atoms with Gasteiger partial charge in [-0.15, -0.1) is 0 Å². The van der Waals surface area contributed by atoms with E-state index in [0.717, 1.165) is 22.6 Å². The number of ether oxygens (including phenoxy) is 1. The molecule has 29 heavy (non-hydrogen) atoms. The van der Waals surface area contributed by atoms with Crippen LogP contribution >= 0.6 is 11.3 Å². The van der Waals surface area contributed by atoms with Crippen LogP contribution in [0.3, 0.4) is 0 Å². The fourth-order valence-corrected chi connectivity index (χ4v) is 5.10. The Labute approximate surface area is 168 Å². The van der Waals surface area contributed by atoms with E-state index >= 15 is 0 Å². The standard InChI is InChI=1S/C18H12F2N4O3S2/c1-27-16-7-13(19)3-5-15(16)24(18-21-10-17(20)28-18)29(25,26)14-4-2-11-8-22-23-9-12(11)6-14/h2-10H,1H3. The average Bonchev–Trinajstić information content (AvgIpc) is 3.14. The van der Waals surface area contributed by atoms with Gasteiger partial charge in [0, 0.05) is 16.8 Å². The molecule has 0 radical (unpaired) electrons. The molecule has 0 spiro atoms. The number of halogens is 2. The SMILES string of the molecule is COc1cc(F)ccc1N(c1ncc(F)s1)S(=O)(=O)c1ccc2cnncc2c1. The molecule has 0 bridgehead atoms. The lowest BCUT2D eigenvalue weighted by atomic mass is 10.2. The molecule has 2 aromatic carbocycles. The van der Waals surface area contributed by atoms with Crippen molar-refractivity contribution in [2.45, 2.75) is 4.90 Å². The highest BCUT2D eigenvalue weighted by Crippen LogP contribution is 2.40. The summed E-state index contributed by atoms with van der Waals surface area (Å²) in [5, 5.41) is 7.94. The first kappa shape index (κ1) is 19.2. The molecular weight excluding hydrogens is 422 g/mol. The predicted molar refractivity (Wildman–Crippen MR) is 104 cm³/mol. The Kier molecular flexibility index (Phi) is 4.84. The molecule has 0 saturated carbocycles. The Morgan fingerprint density at radius 1 is 1.00 bits per heavy atom. The number of thiazole rings is 1. The number of anilines is 2. The average molecular weight is 434 g/mol. The van der Waals surface area contributed by atoms with Crippen molar-refractivity contribution in [2.24, 2.45) is 0 Å². The second-order valence-electron chi connectivity index (χ2n) is 5.81. The van der Waals surface area contributed by atoms with Crippen molar-refractivity contribution in [3.05, 3.63) is 65.9 Å².